The maximum Gasteiger partial charge on any atom is 0.244 e. The Morgan fingerprint density at radius 3 is 2.77 bits per heavy atom. The summed E-state index contributed by atoms with van der Waals surface area (Å²) in [7, 11) is 0. The van der Waals surface area contributed by atoms with Gasteiger partial charge in [0.05, 0.1) is 5.69 Å². The molecule has 1 amide bonds. The molecule has 0 fully saturated rings. The van der Waals surface area contributed by atoms with Crippen LogP contribution in [-0.2, 0) is 30.6 Å². The number of halogens is 1. The second kappa shape index (κ2) is 8.74. The van der Waals surface area contributed by atoms with E-state index in [2.05, 4.69) is 28.9 Å². The van der Waals surface area contributed by atoms with Crippen molar-refractivity contribution in [2.24, 2.45) is 5.92 Å². The van der Waals surface area contributed by atoms with Gasteiger partial charge in [0, 0.05) is 42.8 Å². The Morgan fingerprint density at radius 2 is 2.03 bits per heavy atom. The van der Waals surface area contributed by atoms with Crippen LogP contribution in [0.1, 0.15) is 35.8 Å². The first-order valence-electron chi connectivity index (χ1n) is 10.5. The molecule has 0 aliphatic carbocycles. The van der Waals surface area contributed by atoms with Crippen LogP contribution in [0, 0.1) is 18.7 Å². The van der Waals surface area contributed by atoms with Crippen LogP contribution in [0.25, 0.3) is 11.4 Å². The van der Waals surface area contributed by atoms with Crippen LogP contribution in [0.5, 0.6) is 0 Å². The van der Waals surface area contributed by atoms with Gasteiger partial charge in [-0.05, 0) is 36.6 Å². The second-order valence-corrected chi connectivity index (χ2v) is 9.49. The summed E-state index contributed by atoms with van der Waals surface area (Å²) in [5.74, 6) is 1.41. The number of aromatic nitrogens is 4. The zero-order valence-corrected chi connectivity index (χ0v) is 18.9. The van der Waals surface area contributed by atoms with Gasteiger partial charge in [0.2, 0.25) is 5.91 Å². The van der Waals surface area contributed by atoms with Crippen molar-refractivity contribution in [2.75, 3.05) is 18.8 Å². The smallest absolute Gasteiger partial charge is 0.244 e. The molecule has 3 heterocycles. The number of carbonyl (C=O) groups is 1. The third-order valence-electron chi connectivity index (χ3n) is 5.42. The van der Waals surface area contributed by atoms with E-state index >= 15 is 0 Å². The highest BCUT2D eigenvalue weighted by Crippen LogP contribution is 2.25. The predicted molar refractivity (Wildman–Crippen MR) is 119 cm³/mol. The average molecular weight is 443 g/mol. The number of carbonyl (C=O) groups excluding carboxylic acids is 1. The van der Waals surface area contributed by atoms with Crippen molar-refractivity contribution >= 4 is 22.4 Å². The van der Waals surface area contributed by atoms with Crippen molar-refractivity contribution in [3.05, 3.63) is 46.0 Å². The lowest BCUT2D eigenvalue weighted by Gasteiger charge is -2.20. The second-order valence-electron chi connectivity index (χ2n) is 8.37. The Morgan fingerprint density at radius 1 is 1.26 bits per heavy atom. The number of nitrogens with zero attached hydrogens (tertiary/aromatic N) is 5. The molecule has 2 aromatic heterocycles. The molecule has 9 heteroatoms. The van der Waals surface area contributed by atoms with Crippen LogP contribution >= 0.6 is 11.3 Å². The zero-order chi connectivity index (χ0) is 22.1. The first-order valence-corrected chi connectivity index (χ1v) is 11.3. The van der Waals surface area contributed by atoms with E-state index in [1.165, 1.54) is 22.3 Å². The molecule has 0 saturated heterocycles. The number of aryl methyl sites for hydroxylation is 1. The minimum atomic E-state index is -0.258. The van der Waals surface area contributed by atoms with Crippen LogP contribution in [0.2, 0.25) is 0 Å². The predicted octanol–water partition coefficient (Wildman–Crippen LogP) is 3.26. The van der Waals surface area contributed by atoms with Crippen molar-refractivity contribution in [1.82, 2.24) is 24.6 Å². The summed E-state index contributed by atoms with van der Waals surface area (Å²) in [6.07, 6.45) is 2.19. The first-order chi connectivity index (χ1) is 14.8. The molecule has 0 atom stereocenters. The van der Waals surface area contributed by atoms with Crippen molar-refractivity contribution in [3.63, 3.8) is 0 Å². The zero-order valence-electron chi connectivity index (χ0n) is 18.1. The Hall–Kier alpha value is -2.81. The van der Waals surface area contributed by atoms with Gasteiger partial charge in [-0.15, -0.1) is 11.3 Å². The van der Waals surface area contributed by atoms with Crippen LogP contribution in [0.15, 0.2) is 18.2 Å². The highest BCUT2D eigenvalue weighted by molar-refractivity contribution is 7.15. The van der Waals surface area contributed by atoms with E-state index in [1.54, 1.807) is 23.7 Å². The Bertz CT molecular complexity index is 1080. The fraction of sp³-hybridized carbons (Fsp3) is 0.455. The molecule has 164 valence electrons. The minimum absolute atomic E-state index is 0.0138. The van der Waals surface area contributed by atoms with Crippen LogP contribution < -0.4 is 5.73 Å². The summed E-state index contributed by atoms with van der Waals surface area (Å²) in [5.41, 5.74) is 8.12. The quantitative estimate of drug-likeness (QED) is 0.655. The standard InChI is InChI=1S/C22H27FN6OS/c1-13(2)10-19-26-21(15-4-5-16(23)14(3)11-15)27-29(19)12-20(30)28-8-6-17-18(7-9-28)31-22(24)25-17/h4-5,11,13H,6-10,12H2,1-3H3,(H2,24,25). The van der Waals surface area contributed by atoms with Crippen LogP contribution in [0.4, 0.5) is 9.52 Å². The van der Waals surface area contributed by atoms with E-state index in [0.29, 0.717) is 48.4 Å². The SMILES string of the molecule is Cc1cc(-c2nc(CC(C)C)n(CC(=O)N3CCc4nc(N)sc4CC3)n2)ccc1F. The number of thiazole rings is 1. The van der Waals surface area contributed by atoms with Gasteiger partial charge >= 0.3 is 0 Å². The van der Waals surface area contributed by atoms with E-state index in [0.717, 1.165) is 23.5 Å². The topological polar surface area (TPSA) is 89.9 Å². The number of nitrogen functional groups attached to an aromatic ring is 1. The largest absolute Gasteiger partial charge is 0.375 e. The van der Waals surface area contributed by atoms with E-state index in [-0.39, 0.29) is 18.3 Å². The van der Waals surface area contributed by atoms with Gasteiger partial charge in [-0.3, -0.25) is 4.79 Å². The van der Waals surface area contributed by atoms with Gasteiger partial charge in [0.15, 0.2) is 11.0 Å². The first kappa shape index (κ1) is 21.4. The molecule has 0 bridgehead atoms. The highest BCUT2D eigenvalue weighted by Gasteiger charge is 2.23. The lowest BCUT2D eigenvalue weighted by molar-refractivity contribution is -0.132. The summed E-state index contributed by atoms with van der Waals surface area (Å²) in [4.78, 5) is 25.2. The summed E-state index contributed by atoms with van der Waals surface area (Å²) in [6.45, 7) is 7.33. The van der Waals surface area contributed by atoms with Crippen molar-refractivity contribution < 1.29 is 9.18 Å². The fourth-order valence-corrected chi connectivity index (χ4v) is 4.65. The molecule has 1 aliphatic heterocycles. The molecular weight excluding hydrogens is 415 g/mol. The van der Waals surface area contributed by atoms with Crippen LogP contribution in [0.3, 0.4) is 0 Å². The third-order valence-corrected chi connectivity index (χ3v) is 6.40. The van der Waals surface area contributed by atoms with E-state index < -0.39 is 0 Å². The summed E-state index contributed by atoms with van der Waals surface area (Å²) in [6, 6.07) is 4.84. The van der Waals surface area contributed by atoms with Gasteiger partial charge in [-0.2, -0.15) is 5.10 Å². The molecule has 31 heavy (non-hydrogen) atoms. The molecule has 1 aliphatic rings. The van der Waals surface area contributed by atoms with E-state index in [4.69, 9.17) is 5.73 Å². The van der Waals surface area contributed by atoms with Crippen molar-refractivity contribution in [1.29, 1.82) is 0 Å². The summed E-state index contributed by atoms with van der Waals surface area (Å²) in [5, 5.41) is 5.20. The molecule has 0 unspecified atom stereocenters. The fourth-order valence-electron chi connectivity index (χ4n) is 3.78. The molecule has 0 radical (unpaired) electrons. The minimum Gasteiger partial charge on any atom is -0.375 e. The van der Waals surface area contributed by atoms with Gasteiger partial charge in [0.1, 0.15) is 18.2 Å². The molecule has 2 N–H and O–H groups in total. The Labute approximate surface area is 185 Å². The number of hydrogen-bond donors (Lipinski definition) is 1. The number of amides is 1. The van der Waals surface area contributed by atoms with Gasteiger partial charge in [-0.1, -0.05) is 13.8 Å². The molecule has 0 spiro atoms. The third kappa shape index (κ3) is 4.76. The maximum absolute atomic E-state index is 13.7. The molecule has 1 aromatic carbocycles. The molecule has 0 saturated carbocycles. The normalized spacial score (nSPS) is 14.0. The average Bonchev–Trinajstić information content (AvgIpc) is 3.20. The monoisotopic (exact) mass is 442 g/mol. The Kier molecular flexibility index (Phi) is 6.04. The molecule has 3 aromatic rings. The molecule has 7 nitrogen and oxygen atoms in total. The summed E-state index contributed by atoms with van der Waals surface area (Å²) >= 11 is 1.51. The van der Waals surface area contributed by atoms with Gasteiger partial charge in [0.25, 0.3) is 0 Å². The van der Waals surface area contributed by atoms with Gasteiger partial charge < -0.3 is 10.6 Å². The van der Waals surface area contributed by atoms with Gasteiger partial charge in [-0.25, -0.2) is 19.0 Å². The number of benzene rings is 1. The lowest BCUT2D eigenvalue weighted by Crippen LogP contribution is -2.36. The van der Waals surface area contributed by atoms with E-state index in [9.17, 15) is 9.18 Å². The number of hydrogen-bond acceptors (Lipinski definition) is 6. The highest BCUT2D eigenvalue weighted by atomic mass is 32.1. The number of anilines is 1. The van der Waals surface area contributed by atoms with Crippen molar-refractivity contribution in [3.8, 4) is 11.4 Å². The number of rotatable bonds is 5. The number of nitrogens with two attached hydrogens (primary N) is 1. The summed E-state index contributed by atoms with van der Waals surface area (Å²) < 4.78 is 15.4. The Balaban J connectivity index is 1.53. The van der Waals surface area contributed by atoms with E-state index in [1.807, 2.05) is 4.90 Å². The molecular formula is C22H27FN6OS. The maximum atomic E-state index is 13.7. The van der Waals surface area contributed by atoms with Crippen LogP contribution in [-0.4, -0.2) is 43.6 Å². The van der Waals surface area contributed by atoms with Crippen molar-refractivity contribution in [2.45, 2.75) is 46.6 Å². The lowest BCUT2D eigenvalue weighted by atomic mass is 10.1. The molecule has 4 rings (SSSR count). The number of fused-ring (bicyclic) bond motifs is 1.